The molecule has 2 aliphatic rings. The topological polar surface area (TPSA) is 30.9 Å². The quantitative estimate of drug-likeness (QED) is 0.802. The number of nitrogens with zero attached hydrogens (tertiary/aromatic N) is 1. The Labute approximate surface area is 111 Å². The summed E-state index contributed by atoms with van der Waals surface area (Å²) in [5.74, 6) is 0.887. The van der Waals surface area contributed by atoms with Gasteiger partial charge >= 0.3 is 0 Å². The zero-order valence-electron chi connectivity index (χ0n) is 11.9. The molecule has 18 heavy (non-hydrogen) atoms. The predicted molar refractivity (Wildman–Crippen MR) is 75.5 cm³/mol. The molecular weight excluding hydrogens is 220 g/mol. The van der Waals surface area contributed by atoms with E-state index < -0.39 is 0 Å². The second-order valence-electron chi connectivity index (χ2n) is 7.35. The first-order valence-electron chi connectivity index (χ1n) is 7.41. The number of hydrogen-bond acceptors (Lipinski definition) is 1. The SMILES string of the molecule is CC1CCC(n2ccc3c2CC(C)(C)CC3N)C1. The summed E-state index contributed by atoms with van der Waals surface area (Å²) in [5.41, 5.74) is 9.64. The molecule has 3 atom stereocenters. The van der Waals surface area contributed by atoms with Crippen LogP contribution in [0, 0.1) is 11.3 Å². The molecule has 1 aromatic heterocycles. The van der Waals surface area contributed by atoms with Gasteiger partial charge in [-0.05, 0) is 55.1 Å². The van der Waals surface area contributed by atoms with E-state index >= 15 is 0 Å². The highest BCUT2D eigenvalue weighted by atomic mass is 15.0. The summed E-state index contributed by atoms with van der Waals surface area (Å²) in [7, 11) is 0. The third kappa shape index (κ3) is 2.01. The van der Waals surface area contributed by atoms with Crippen molar-refractivity contribution in [2.24, 2.45) is 17.1 Å². The van der Waals surface area contributed by atoms with E-state index in [2.05, 4.69) is 37.6 Å². The van der Waals surface area contributed by atoms with Crippen LogP contribution >= 0.6 is 0 Å². The summed E-state index contributed by atoms with van der Waals surface area (Å²) >= 11 is 0. The standard InChI is InChI=1S/C16H26N2/c1-11-4-5-12(8-11)18-7-6-13-14(17)9-16(2,3)10-15(13)18/h6-7,11-12,14H,4-5,8-10,17H2,1-3H3. The first-order valence-corrected chi connectivity index (χ1v) is 7.41. The molecule has 0 bridgehead atoms. The van der Waals surface area contributed by atoms with Gasteiger partial charge in [-0.1, -0.05) is 20.8 Å². The molecule has 2 nitrogen and oxygen atoms in total. The van der Waals surface area contributed by atoms with E-state index in [1.54, 1.807) is 0 Å². The minimum atomic E-state index is 0.240. The van der Waals surface area contributed by atoms with Gasteiger partial charge in [-0.25, -0.2) is 0 Å². The third-order valence-corrected chi connectivity index (χ3v) is 4.94. The van der Waals surface area contributed by atoms with Crippen molar-refractivity contribution in [2.45, 2.75) is 65.0 Å². The Morgan fingerprint density at radius 3 is 2.78 bits per heavy atom. The number of hydrogen-bond donors (Lipinski definition) is 1. The van der Waals surface area contributed by atoms with Gasteiger partial charge in [-0.15, -0.1) is 0 Å². The molecule has 0 radical (unpaired) electrons. The minimum Gasteiger partial charge on any atom is -0.348 e. The van der Waals surface area contributed by atoms with Crippen LogP contribution in [0.3, 0.4) is 0 Å². The zero-order chi connectivity index (χ0) is 12.9. The Bertz CT molecular complexity index is 444. The Balaban J connectivity index is 1.94. The summed E-state index contributed by atoms with van der Waals surface area (Å²) in [4.78, 5) is 0. The highest BCUT2D eigenvalue weighted by molar-refractivity contribution is 5.30. The van der Waals surface area contributed by atoms with Crippen LogP contribution in [0.2, 0.25) is 0 Å². The lowest BCUT2D eigenvalue weighted by Gasteiger charge is -2.35. The molecule has 1 saturated carbocycles. The fourth-order valence-corrected chi connectivity index (χ4v) is 4.03. The van der Waals surface area contributed by atoms with Crippen molar-refractivity contribution in [3.8, 4) is 0 Å². The fourth-order valence-electron chi connectivity index (χ4n) is 4.03. The lowest BCUT2D eigenvalue weighted by atomic mass is 9.74. The van der Waals surface area contributed by atoms with Crippen molar-refractivity contribution in [3.05, 3.63) is 23.5 Å². The van der Waals surface area contributed by atoms with E-state index in [0.717, 1.165) is 18.4 Å². The zero-order valence-corrected chi connectivity index (χ0v) is 11.9. The van der Waals surface area contributed by atoms with Crippen molar-refractivity contribution in [2.75, 3.05) is 0 Å². The number of fused-ring (bicyclic) bond motifs is 1. The van der Waals surface area contributed by atoms with Crippen LogP contribution in [0.1, 0.15) is 69.8 Å². The number of rotatable bonds is 1. The van der Waals surface area contributed by atoms with Crippen LogP contribution in [0.4, 0.5) is 0 Å². The van der Waals surface area contributed by atoms with Gasteiger partial charge in [0, 0.05) is 24.0 Å². The van der Waals surface area contributed by atoms with Gasteiger partial charge < -0.3 is 10.3 Å². The van der Waals surface area contributed by atoms with Crippen LogP contribution in [-0.4, -0.2) is 4.57 Å². The van der Waals surface area contributed by atoms with Gasteiger partial charge in [0.1, 0.15) is 0 Å². The van der Waals surface area contributed by atoms with Crippen LogP contribution in [0.25, 0.3) is 0 Å². The molecule has 1 aromatic rings. The molecule has 1 heterocycles. The average molecular weight is 246 g/mol. The molecule has 0 saturated heterocycles. The lowest BCUT2D eigenvalue weighted by molar-refractivity contribution is 0.271. The smallest absolute Gasteiger partial charge is 0.0336 e. The van der Waals surface area contributed by atoms with Crippen LogP contribution in [0.5, 0.6) is 0 Å². The summed E-state index contributed by atoms with van der Waals surface area (Å²) < 4.78 is 2.56. The fraction of sp³-hybridized carbons (Fsp3) is 0.750. The molecule has 0 aromatic carbocycles. The van der Waals surface area contributed by atoms with Gasteiger partial charge in [0.15, 0.2) is 0 Å². The second-order valence-corrected chi connectivity index (χ2v) is 7.35. The highest BCUT2D eigenvalue weighted by Gasteiger charge is 2.34. The molecule has 0 amide bonds. The first-order chi connectivity index (χ1) is 8.46. The predicted octanol–water partition coefficient (Wildman–Crippen LogP) is 3.82. The average Bonchev–Trinajstić information content (AvgIpc) is 2.82. The van der Waals surface area contributed by atoms with Gasteiger partial charge in [-0.3, -0.25) is 0 Å². The second kappa shape index (κ2) is 4.12. The maximum Gasteiger partial charge on any atom is 0.0336 e. The molecule has 100 valence electrons. The summed E-state index contributed by atoms with van der Waals surface area (Å²) in [6, 6.07) is 3.24. The Kier molecular flexibility index (Phi) is 2.81. The van der Waals surface area contributed by atoms with Gasteiger partial charge in [-0.2, -0.15) is 0 Å². The lowest BCUT2D eigenvalue weighted by Crippen LogP contribution is -2.30. The molecule has 0 aliphatic heterocycles. The van der Waals surface area contributed by atoms with E-state index in [1.807, 2.05) is 0 Å². The number of aromatic nitrogens is 1. The first kappa shape index (κ1) is 12.3. The van der Waals surface area contributed by atoms with Crippen molar-refractivity contribution in [1.82, 2.24) is 4.57 Å². The van der Waals surface area contributed by atoms with Crippen LogP contribution < -0.4 is 5.73 Å². The monoisotopic (exact) mass is 246 g/mol. The third-order valence-electron chi connectivity index (χ3n) is 4.94. The van der Waals surface area contributed by atoms with Gasteiger partial charge in [0.2, 0.25) is 0 Å². The van der Waals surface area contributed by atoms with Crippen molar-refractivity contribution < 1.29 is 0 Å². The Morgan fingerprint density at radius 1 is 1.33 bits per heavy atom. The van der Waals surface area contributed by atoms with Gasteiger partial charge in [0.05, 0.1) is 0 Å². The maximum atomic E-state index is 6.35. The number of nitrogens with two attached hydrogens (primary N) is 1. The molecule has 0 spiro atoms. The van der Waals surface area contributed by atoms with E-state index in [0.29, 0.717) is 5.41 Å². The van der Waals surface area contributed by atoms with Crippen LogP contribution in [0.15, 0.2) is 12.3 Å². The summed E-state index contributed by atoms with van der Waals surface area (Å²) in [6.07, 6.45) is 8.68. The van der Waals surface area contributed by atoms with Gasteiger partial charge in [0.25, 0.3) is 0 Å². The highest BCUT2D eigenvalue weighted by Crippen LogP contribution is 2.43. The minimum absolute atomic E-state index is 0.240. The van der Waals surface area contributed by atoms with Crippen molar-refractivity contribution in [3.63, 3.8) is 0 Å². The molecule has 3 unspecified atom stereocenters. The molecule has 2 aliphatic carbocycles. The maximum absolute atomic E-state index is 6.35. The Hall–Kier alpha value is -0.760. The van der Waals surface area contributed by atoms with Crippen molar-refractivity contribution >= 4 is 0 Å². The Morgan fingerprint density at radius 2 is 2.11 bits per heavy atom. The molecule has 3 rings (SSSR count). The summed E-state index contributed by atoms with van der Waals surface area (Å²) in [5, 5.41) is 0. The molecule has 2 N–H and O–H groups in total. The molecular formula is C16H26N2. The largest absolute Gasteiger partial charge is 0.348 e. The molecule has 1 fully saturated rings. The van der Waals surface area contributed by atoms with Crippen LogP contribution in [-0.2, 0) is 6.42 Å². The molecule has 2 heteroatoms. The van der Waals surface area contributed by atoms with E-state index in [9.17, 15) is 0 Å². The summed E-state index contributed by atoms with van der Waals surface area (Å²) in [6.45, 7) is 7.08. The van der Waals surface area contributed by atoms with E-state index in [-0.39, 0.29) is 6.04 Å². The normalized spacial score (nSPS) is 34.6. The van der Waals surface area contributed by atoms with E-state index in [1.165, 1.54) is 36.9 Å². The van der Waals surface area contributed by atoms with Crippen molar-refractivity contribution in [1.29, 1.82) is 0 Å². The van der Waals surface area contributed by atoms with E-state index in [4.69, 9.17) is 5.73 Å².